The van der Waals surface area contributed by atoms with Gasteiger partial charge in [-0.15, -0.1) is 0 Å². The largest absolute Gasteiger partial charge is 0.340 e. The number of hydroxylamine groups is 2. The summed E-state index contributed by atoms with van der Waals surface area (Å²) in [6, 6.07) is 13.3. The molecule has 0 saturated heterocycles. The van der Waals surface area contributed by atoms with Crippen molar-refractivity contribution in [2.75, 3.05) is 0 Å². The third-order valence-corrected chi connectivity index (χ3v) is 4.29. The van der Waals surface area contributed by atoms with Crippen molar-refractivity contribution in [2.24, 2.45) is 0 Å². The maximum Gasteiger partial charge on any atom is 0.340 e. The van der Waals surface area contributed by atoms with Gasteiger partial charge in [0.15, 0.2) is 0 Å². The van der Waals surface area contributed by atoms with Gasteiger partial charge in [-0.1, -0.05) is 54.3 Å². The molecular formula is C19H16ClNO4. The number of imide groups is 1. The van der Waals surface area contributed by atoms with E-state index in [4.69, 9.17) is 16.4 Å². The standard InChI is InChI=1S/C19H16ClNO4/c1-2-6-14(12-7-5-8-13(20)11-12)19(24)25-21-17(22)15-9-3-4-10-16(15)18(21)23/h3-5,7-11,14H,2,6H2,1H3. The van der Waals surface area contributed by atoms with E-state index < -0.39 is 23.7 Å². The zero-order chi connectivity index (χ0) is 18.0. The monoisotopic (exact) mass is 357 g/mol. The van der Waals surface area contributed by atoms with Crippen LogP contribution in [-0.4, -0.2) is 22.8 Å². The van der Waals surface area contributed by atoms with Crippen LogP contribution in [-0.2, 0) is 9.63 Å². The first kappa shape index (κ1) is 17.2. The molecule has 0 bridgehead atoms. The van der Waals surface area contributed by atoms with Gasteiger partial charge >= 0.3 is 5.97 Å². The van der Waals surface area contributed by atoms with Crippen molar-refractivity contribution >= 4 is 29.4 Å². The maximum absolute atomic E-state index is 12.6. The minimum Gasteiger partial charge on any atom is -0.329 e. The Bertz CT molecular complexity index is 814. The molecule has 0 radical (unpaired) electrons. The molecule has 0 aromatic heterocycles. The van der Waals surface area contributed by atoms with E-state index in [0.717, 1.165) is 6.42 Å². The lowest BCUT2D eigenvalue weighted by Crippen LogP contribution is -2.34. The molecule has 1 aliphatic rings. The van der Waals surface area contributed by atoms with Crippen molar-refractivity contribution in [3.05, 3.63) is 70.2 Å². The van der Waals surface area contributed by atoms with Crippen LogP contribution in [0, 0.1) is 0 Å². The smallest absolute Gasteiger partial charge is 0.329 e. The fraction of sp³-hybridized carbons (Fsp3) is 0.211. The molecule has 5 nitrogen and oxygen atoms in total. The van der Waals surface area contributed by atoms with Crippen molar-refractivity contribution in [3.8, 4) is 0 Å². The molecule has 0 saturated carbocycles. The van der Waals surface area contributed by atoms with E-state index >= 15 is 0 Å². The van der Waals surface area contributed by atoms with Gasteiger partial charge in [0.05, 0.1) is 17.0 Å². The number of halogens is 1. The van der Waals surface area contributed by atoms with E-state index in [9.17, 15) is 14.4 Å². The summed E-state index contributed by atoms with van der Waals surface area (Å²) in [4.78, 5) is 42.5. The molecule has 0 aliphatic carbocycles. The second-order valence-electron chi connectivity index (χ2n) is 5.76. The van der Waals surface area contributed by atoms with Crippen molar-refractivity contribution < 1.29 is 19.2 Å². The number of hydrogen-bond donors (Lipinski definition) is 0. The Morgan fingerprint density at radius 1 is 1.08 bits per heavy atom. The van der Waals surface area contributed by atoms with Crippen LogP contribution in [0.2, 0.25) is 5.02 Å². The lowest BCUT2D eigenvalue weighted by molar-refractivity contribution is -0.170. The summed E-state index contributed by atoms with van der Waals surface area (Å²) in [5, 5.41) is 1.05. The van der Waals surface area contributed by atoms with E-state index in [2.05, 4.69) is 0 Å². The highest BCUT2D eigenvalue weighted by Gasteiger charge is 2.39. The summed E-state index contributed by atoms with van der Waals surface area (Å²) in [5.41, 5.74) is 1.15. The first-order chi connectivity index (χ1) is 12.0. The van der Waals surface area contributed by atoms with Crippen molar-refractivity contribution in [2.45, 2.75) is 25.7 Å². The van der Waals surface area contributed by atoms with Gasteiger partial charge in [-0.2, -0.15) is 0 Å². The summed E-state index contributed by atoms with van der Waals surface area (Å²) in [7, 11) is 0. The van der Waals surface area contributed by atoms with E-state index in [-0.39, 0.29) is 11.1 Å². The fourth-order valence-electron chi connectivity index (χ4n) is 2.84. The van der Waals surface area contributed by atoms with Gasteiger partial charge in [-0.3, -0.25) is 9.59 Å². The Morgan fingerprint density at radius 3 is 2.28 bits per heavy atom. The van der Waals surface area contributed by atoms with Crippen LogP contribution >= 0.6 is 11.6 Å². The molecular weight excluding hydrogens is 342 g/mol. The van der Waals surface area contributed by atoms with Gasteiger partial charge in [-0.25, -0.2) is 4.79 Å². The average molecular weight is 358 g/mol. The Morgan fingerprint density at radius 2 is 1.72 bits per heavy atom. The third kappa shape index (κ3) is 3.28. The molecule has 2 amide bonds. The number of benzene rings is 2. The van der Waals surface area contributed by atoms with E-state index in [1.807, 2.05) is 6.92 Å². The van der Waals surface area contributed by atoms with E-state index in [1.165, 1.54) is 12.1 Å². The number of amides is 2. The normalized spacial score (nSPS) is 14.4. The van der Waals surface area contributed by atoms with Crippen molar-refractivity contribution in [1.29, 1.82) is 0 Å². The van der Waals surface area contributed by atoms with Gasteiger partial charge in [0.25, 0.3) is 11.8 Å². The Balaban J connectivity index is 1.83. The van der Waals surface area contributed by atoms with Crippen LogP contribution in [0.1, 0.15) is 52.0 Å². The van der Waals surface area contributed by atoms with Gasteiger partial charge in [0.1, 0.15) is 0 Å². The second kappa shape index (κ2) is 7.07. The first-order valence-electron chi connectivity index (χ1n) is 7.98. The van der Waals surface area contributed by atoms with Crippen LogP contribution in [0.15, 0.2) is 48.5 Å². The topological polar surface area (TPSA) is 63.7 Å². The molecule has 0 spiro atoms. The fourth-order valence-corrected chi connectivity index (χ4v) is 3.03. The zero-order valence-corrected chi connectivity index (χ0v) is 14.3. The molecule has 3 rings (SSSR count). The highest BCUT2D eigenvalue weighted by Crippen LogP contribution is 2.28. The minimum absolute atomic E-state index is 0.232. The maximum atomic E-state index is 12.6. The summed E-state index contributed by atoms with van der Waals surface area (Å²) in [6.07, 6.45) is 1.25. The molecule has 0 N–H and O–H groups in total. The van der Waals surface area contributed by atoms with Gasteiger partial charge < -0.3 is 4.84 Å². The Hall–Kier alpha value is -2.66. The minimum atomic E-state index is -0.654. The molecule has 0 fully saturated rings. The van der Waals surface area contributed by atoms with E-state index in [0.29, 0.717) is 22.1 Å². The third-order valence-electron chi connectivity index (χ3n) is 4.05. The molecule has 2 aromatic rings. The van der Waals surface area contributed by atoms with Crippen LogP contribution in [0.4, 0.5) is 0 Å². The number of rotatable bonds is 5. The molecule has 2 aromatic carbocycles. The second-order valence-corrected chi connectivity index (χ2v) is 6.19. The highest BCUT2D eigenvalue weighted by molar-refractivity contribution is 6.30. The van der Waals surface area contributed by atoms with Crippen LogP contribution in [0.5, 0.6) is 0 Å². The predicted octanol–water partition coefficient (Wildman–Crippen LogP) is 3.98. The SMILES string of the molecule is CCCC(C(=O)ON1C(=O)c2ccccc2C1=O)c1cccc(Cl)c1. The van der Waals surface area contributed by atoms with Crippen molar-refractivity contribution in [1.82, 2.24) is 5.06 Å². The lowest BCUT2D eigenvalue weighted by atomic mass is 9.95. The van der Waals surface area contributed by atoms with Crippen LogP contribution in [0.25, 0.3) is 0 Å². The number of carbonyl (C=O) groups excluding carboxylic acids is 3. The molecule has 128 valence electrons. The van der Waals surface area contributed by atoms with Gasteiger partial charge in [0.2, 0.25) is 0 Å². The molecule has 25 heavy (non-hydrogen) atoms. The van der Waals surface area contributed by atoms with Crippen LogP contribution < -0.4 is 0 Å². The zero-order valence-electron chi connectivity index (χ0n) is 13.6. The lowest BCUT2D eigenvalue weighted by Gasteiger charge is -2.19. The van der Waals surface area contributed by atoms with Gasteiger partial charge in [-0.05, 0) is 36.2 Å². The Kier molecular flexibility index (Phi) is 4.86. The first-order valence-corrected chi connectivity index (χ1v) is 8.35. The number of nitrogens with zero attached hydrogens (tertiary/aromatic N) is 1. The van der Waals surface area contributed by atoms with Gasteiger partial charge in [0, 0.05) is 5.02 Å². The summed E-state index contributed by atoms with van der Waals surface area (Å²) < 4.78 is 0. The highest BCUT2D eigenvalue weighted by atomic mass is 35.5. The van der Waals surface area contributed by atoms with Crippen LogP contribution in [0.3, 0.4) is 0 Å². The number of carbonyl (C=O) groups is 3. The van der Waals surface area contributed by atoms with Crippen molar-refractivity contribution in [3.63, 3.8) is 0 Å². The number of fused-ring (bicyclic) bond motifs is 1. The molecule has 1 heterocycles. The molecule has 1 aliphatic heterocycles. The molecule has 1 atom stereocenters. The quantitative estimate of drug-likeness (QED) is 0.759. The molecule has 1 unspecified atom stereocenters. The summed E-state index contributed by atoms with van der Waals surface area (Å²) in [6.45, 7) is 1.94. The predicted molar refractivity (Wildman–Crippen MR) is 92.1 cm³/mol. The average Bonchev–Trinajstić information content (AvgIpc) is 2.85. The molecule has 6 heteroatoms. The Labute approximate surface area is 150 Å². The summed E-state index contributed by atoms with van der Waals surface area (Å²) >= 11 is 6.00. The number of hydrogen-bond acceptors (Lipinski definition) is 4. The summed E-state index contributed by atoms with van der Waals surface area (Å²) in [5.74, 6) is -2.52. The van der Waals surface area contributed by atoms with E-state index in [1.54, 1.807) is 36.4 Å².